The van der Waals surface area contributed by atoms with E-state index in [0.717, 1.165) is 28.7 Å². The molecule has 2 aromatic carbocycles. The van der Waals surface area contributed by atoms with E-state index in [2.05, 4.69) is 42.5 Å². The fraction of sp³-hybridized carbons (Fsp3) is 0.478. The Balaban J connectivity index is 1.69. The summed E-state index contributed by atoms with van der Waals surface area (Å²) in [6.07, 6.45) is 8.74. The molecule has 1 heteroatoms. The van der Waals surface area contributed by atoms with Crippen LogP contribution in [0, 0.1) is 23.7 Å². The quantitative estimate of drug-likeness (QED) is 0.519. The molecule has 24 heavy (non-hydrogen) atoms. The van der Waals surface area contributed by atoms with Gasteiger partial charge in [-0.05, 0) is 83.7 Å². The van der Waals surface area contributed by atoms with E-state index in [-0.39, 0.29) is 5.41 Å². The third-order valence-corrected chi connectivity index (χ3v) is 8.09. The third kappa shape index (κ3) is 1.53. The molecule has 5 unspecified atom stereocenters. The second-order valence-corrected chi connectivity index (χ2v) is 9.11. The van der Waals surface area contributed by atoms with E-state index in [4.69, 9.17) is 11.6 Å². The molecule has 122 valence electrons. The highest BCUT2D eigenvalue weighted by atomic mass is 35.5. The molecule has 0 heterocycles. The summed E-state index contributed by atoms with van der Waals surface area (Å²) in [5.74, 6) is 3.63. The minimum Gasteiger partial charge on any atom is -0.0843 e. The first-order valence-electron chi connectivity index (χ1n) is 9.68. The third-order valence-electron chi connectivity index (χ3n) is 7.86. The van der Waals surface area contributed by atoms with Crippen LogP contribution in [0.15, 0.2) is 42.5 Å². The molecule has 1 spiro atoms. The number of benzene rings is 2. The van der Waals surface area contributed by atoms with E-state index in [9.17, 15) is 0 Å². The number of fused-ring (bicyclic) bond motifs is 9. The van der Waals surface area contributed by atoms with Crippen LogP contribution in [0.3, 0.4) is 0 Å². The van der Waals surface area contributed by atoms with E-state index in [1.165, 1.54) is 49.7 Å². The summed E-state index contributed by atoms with van der Waals surface area (Å²) in [5, 5.41) is 0.878. The van der Waals surface area contributed by atoms with Crippen LogP contribution >= 0.6 is 11.6 Å². The van der Waals surface area contributed by atoms with Crippen LogP contribution in [0.5, 0.6) is 0 Å². The largest absolute Gasteiger partial charge is 0.0843 e. The van der Waals surface area contributed by atoms with Gasteiger partial charge in [0.1, 0.15) is 0 Å². The zero-order valence-electron chi connectivity index (χ0n) is 14.0. The van der Waals surface area contributed by atoms with Crippen molar-refractivity contribution in [3.63, 3.8) is 0 Å². The molecule has 3 saturated carbocycles. The Hall–Kier alpha value is -1.27. The minimum absolute atomic E-state index is 0.288. The average molecular weight is 335 g/mol. The molecule has 0 radical (unpaired) electrons. The van der Waals surface area contributed by atoms with E-state index >= 15 is 0 Å². The Bertz CT molecular complexity index is 838. The lowest BCUT2D eigenvalue weighted by Crippen LogP contribution is -2.37. The fourth-order valence-electron chi connectivity index (χ4n) is 7.35. The van der Waals surface area contributed by atoms with E-state index < -0.39 is 0 Å². The molecule has 0 aliphatic heterocycles. The Morgan fingerprint density at radius 1 is 0.875 bits per heavy atom. The number of hydrogen-bond donors (Lipinski definition) is 0. The van der Waals surface area contributed by atoms with Crippen molar-refractivity contribution in [2.45, 2.75) is 43.9 Å². The second-order valence-electron chi connectivity index (χ2n) is 8.67. The van der Waals surface area contributed by atoms with Gasteiger partial charge in [0.25, 0.3) is 0 Å². The molecule has 4 aliphatic rings. The van der Waals surface area contributed by atoms with Crippen molar-refractivity contribution >= 4 is 11.6 Å². The van der Waals surface area contributed by atoms with Crippen LogP contribution in [-0.4, -0.2) is 0 Å². The van der Waals surface area contributed by atoms with Crippen LogP contribution in [0.1, 0.15) is 49.7 Å². The van der Waals surface area contributed by atoms with Crippen molar-refractivity contribution < 1.29 is 0 Å². The molecule has 0 N–H and O–H groups in total. The van der Waals surface area contributed by atoms with Gasteiger partial charge in [-0.3, -0.25) is 0 Å². The van der Waals surface area contributed by atoms with Gasteiger partial charge in [0.15, 0.2) is 0 Å². The summed E-state index contributed by atoms with van der Waals surface area (Å²) in [6.45, 7) is 0. The molecule has 3 bridgehead atoms. The van der Waals surface area contributed by atoms with Gasteiger partial charge in [0.05, 0.1) is 0 Å². The summed E-state index contributed by atoms with van der Waals surface area (Å²) in [5.41, 5.74) is 6.41. The topological polar surface area (TPSA) is 0 Å². The summed E-state index contributed by atoms with van der Waals surface area (Å²) < 4.78 is 0. The van der Waals surface area contributed by atoms with Gasteiger partial charge in [-0.15, -0.1) is 0 Å². The summed E-state index contributed by atoms with van der Waals surface area (Å²) in [4.78, 5) is 0. The molecular weight excluding hydrogens is 312 g/mol. The monoisotopic (exact) mass is 334 g/mol. The highest BCUT2D eigenvalue weighted by Gasteiger charge is 2.62. The lowest BCUT2D eigenvalue weighted by atomic mass is 9.62. The molecule has 2 aromatic rings. The Morgan fingerprint density at radius 2 is 1.75 bits per heavy atom. The second kappa shape index (κ2) is 4.67. The molecule has 0 amide bonds. The molecule has 0 aromatic heterocycles. The first kappa shape index (κ1) is 14.0. The predicted molar refractivity (Wildman–Crippen MR) is 99.3 cm³/mol. The maximum atomic E-state index is 6.40. The van der Waals surface area contributed by atoms with E-state index in [1.807, 2.05) is 0 Å². The van der Waals surface area contributed by atoms with Crippen molar-refractivity contribution in [3.05, 3.63) is 58.6 Å². The van der Waals surface area contributed by atoms with E-state index in [1.54, 1.807) is 11.1 Å². The van der Waals surface area contributed by atoms with Gasteiger partial charge in [-0.2, -0.15) is 0 Å². The molecule has 0 nitrogen and oxygen atoms in total. The summed E-state index contributed by atoms with van der Waals surface area (Å²) in [6, 6.07) is 16.0. The Kier molecular flexibility index (Phi) is 2.71. The SMILES string of the molecule is Clc1ccc2c(c1)-c1ccccc1C21C2CC3CCCC1C(C3)C2. The van der Waals surface area contributed by atoms with Crippen LogP contribution in [0.2, 0.25) is 5.02 Å². The highest BCUT2D eigenvalue weighted by molar-refractivity contribution is 6.31. The maximum absolute atomic E-state index is 6.40. The zero-order valence-corrected chi connectivity index (χ0v) is 14.7. The number of halogens is 1. The van der Waals surface area contributed by atoms with Crippen molar-refractivity contribution in [1.82, 2.24) is 0 Å². The standard InChI is InChI=1S/C23H23Cl/c24-17-8-9-22-19(13-17)18-5-1-2-6-21(18)23(22)16-11-14-4-3-7-20(23)15(10-14)12-16/h1-2,5-6,8-9,13-16,20H,3-4,7,10-12H2. The van der Waals surface area contributed by atoms with Crippen molar-refractivity contribution in [3.8, 4) is 11.1 Å². The number of hydrogen-bond acceptors (Lipinski definition) is 0. The van der Waals surface area contributed by atoms with Crippen LogP contribution in [0.25, 0.3) is 11.1 Å². The van der Waals surface area contributed by atoms with Gasteiger partial charge in [0.2, 0.25) is 0 Å². The lowest BCUT2D eigenvalue weighted by Gasteiger charge is -2.41. The van der Waals surface area contributed by atoms with Crippen molar-refractivity contribution in [1.29, 1.82) is 0 Å². The smallest absolute Gasteiger partial charge is 0.0412 e. The molecule has 6 rings (SSSR count). The van der Waals surface area contributed by atoms with E-state index in [0.29, 0.717) is 0 Å². The van der Waals surface area contributed by atoms with Crippen molar-refractivity contribution in [2.24, 2.45) is 23.7 Å². The normalized spacial score (nSPS) is 38.2. The average Bonchev–Trinajstić information content (AvgIpc) is 2.93. The van der Waals surface area contributed by atoms with Gasteiger partial charge < -0.3 is 0 Å². The predicted octanol–water partition coefficient (Wildman–Crippen LogP) is 6.45. The molecular formula is C23H23Cl. The van der Waals surface area contributed by atoms with Gasteiger partial charge in [-0.25, -0.2) is 0 Å². The first-order chi connectivity index (χ1) is 11.8. The molecule has 4 aliphatic carbocycles. The molecule has 5 atom stereocenters. The molecule has 3 fully saturated rings. The van der Waals surface area contributed by atoms with Crippen LogP contribution in [0.4, 0.5) is 0 Å². The highest BCUT2D eigenvalue weighted by Crippen LogP contribution is 2.69. The summed E-state index contributed by atoms with van der Waals surface area (Å²) >= 11 is 6.40. The number of rotatable bonds is 0. The van der Waals surface area contributed by atoms with Crippen LogP contribution in [-0.2, 0) is 5.41 Å². The summed E-state index contributed by atoms with van der Waals surface area (Å²) in [7, 11) is 0. The minimum atomic E-state index is 0.288. The van der Waals surface area contributed by atoms with Gasteiger partial charge in [0, 0.05) is 10.4 Å². The van der Waals surface area contributed by atoms with Gasteiger partial charge >= 0.3 is 0 Å². The maximum Gasteiger partial charge on any atom is 0.0412 e. The lowest BCUT2D eigenvalue weighted by molar-refractivity contribution is 0.224. The van der Waals surface area contributed by atoms with Crippen LogP contribution < -0.4 is 0 Å². The Morgan fingerprint density at radius 3 is 2.71 bits per heavy atom. The van der Waals surface area contributed by atoms with Gasteiger partial charge in [-0.1, -0.05) is 54.8 Å². The first-order valence-corrected chi connectivity index (χ1v) is 10.1. The molecule has 0 saturated heterocycles. The fourth-order valence-corrected chi connectivity index (χ4v) is 7.52. The Labute approximate surface area is 149 Å². The van der Waals surface area contributed by atoms with Crippen molar-refractivity contribution in [2.75, 3.05) is 0 Å². The zero-order chi connectivity index (χ0) is 15.9.